The van der Waals surface area contributed by atoms with Crippen LogP contribution in [0.5, 0.6) is 5.75 Å². The maximum absolute atomic E-state index is 12.3. The second kappa shape index (κ2) is 10.7. The number of hydrogen-bond donors (Lipinski definition) is 5. The van der Waals surface area contributed by atoms with Crippen LogP contribution in [-0.2, 0) is 20.8 Å². The summed E-state index contributed by atoms with van der Waals surface area (Å²) in [5, 5.41) is 23.1. The predicted octanol–water partition coefficient (Wildman–Crippen LogP) is 0.0892. The molecule has 9 heteroatoms. The van der Waals surface area contributed by atoms with E-state index in [1.807, 2.05) is 6.26 Å². The van der Waals surface area contributed by atoms with Crippen molar-refractivity contribution in [2.24, 2.45) is 5.73 Å². The molecule has 0 aliphatic carbocycles. The highest BCUT2D eigenvalue weighted by molar-refractivity contribution is 7.98. The van der Waals surface area contributed by atoms with E-state index in [1.165, 1.54) is 30.8 Å². The number of phenolic OH excluding ortho intramolecular Hbond substituents is 1. The van der Waals surface area contributed by atoms with Crippen LogP contribution in [0.2, 0.25) is 0 Å². The smallest absolute Gasteiger partial charge is 0.325 e. The molecule has 2 amide bonds. The number of aromatic hydroxyl groups is 1. The summed E-state index contributed by atoms with van der Waals surface area (Å²) in [6.07, 6.45) is 2.47. The molecule has 3 unspecified atom stereocenters. The summed E-state index contributed by atoms with van der Waals surface area (Å²) in [4.78, 5) is 35.5. The third kappa shape index (κ3) is 7.32. The lowest BCUT2D eigenvalue weighted by molar-refractivity contribution is -0.141. The molecule has 8 nitrogen and oxygen atoms in total. The number of hydrogen-bond acceptors (Lipinski definition) is 6. The lowest BCUT2D eigenvalue weighted by atomic mass is 10.1. The van der Waals surface area contributed by atoms with Crippen LogP contribution >= 0.6 is 11.8 Å². The summed E-state index contributed by atoms with van der Waals surface area (Å²) >= 11 is 1.51. The van der Waals surface area contributed by atoms with Gasteiger partial charge in [-0.15, -0.1) is 0 Å². The maximum Gasteiger partial charge on any atom is 0.325 e. The highest BCUT2D eigenvalue weighted by Crippen LogP contribution is 2.11. The lowest BCUT2D eigenvalue weighted by Crippen LogP contribution is -2.54. The van der Waals surface area contributed by atoms with Crippen LogP contribution in [0.1, 0.15) is 18.9 Å². The van der Waals surface area contributed by atoms with Crippen LogP contribution in [-0.4, -0.2) is 58.1 Å². The van der Waals surface area contributed by atoms with E-state index in [0.29, 0.717) is 12.2 Å². The molecule has 1 rings (SSSR count). The minimum atomic E-state index is -1.16. The van der Waals surface area contributed by atoms with Gasteiger partial charge in [0.05, 0.1) is 6.04 Å². The van der Waals surface area contributed by atoms with E-state index in [-0.39, 0.29) is 12.2 Å². The zero-order valence-corrected chi connectivity index (χ0v) is 15.6. The molecule has 0 spiro atoms. The second-order valence-corrected chi connectivity index (χ2v) is 6.87. The Morgan fingerprint density at radius 2 is 1.77 bits per heavy atom. The van der Waals surface area contributed by atoms with E-state index in [4.69, 9.17) is 10.8 Å². The summed E-state index contributed by atoms with van der Waals surface area (Å²) in [6.45, 7) is 1.35. The molecule has 6 N–H and O–H groups in total. The number of carboxylic acid groups (broad SMARTS) is 1. The SMILES string of the molecule is CSCCC(NC(=O)C(N)Cc1ccc(O)cc1)C(=O)NC(C)C(=O)O. The number of carbonyl (C=O) groups excluding carboxylic acids is 2. The average Bonchev–Trinajstić information content (AvgIpc) is 2.59. The molecular weight excluding hydrogens is 358 g/mol. The molecule has 1 aromatic rings. The van der Waals surface area contributed by atoms with Crippen molar-refractivity contribution in [2.45, 2.75) is 37.9 Å². The van der Waals surface area contributed by atoms with Crippen LogP contribution in [0.4, 0.5) is 0 Å². The Balaban J connectivity index is 2.69. The number of amides is 2. The Morgan fingerprint density at radius 1 is 1.15 bits per heavy atom. The first-order valence-electron chi connectivity index (χ1n) is 8.10. The van der Waals surface area contributed by atoms with E-state index in [9.17, 15) is 19.5 Å². The third-order valence-corrected chi connectivity index (χ3v) is 4.35. The second-order valence-electron chi connectivity index (χ2n) is 5.89. The number of nitrogens with two attached hydrogens (primary N) is 1. The van der Waals surface area contributed by atoms with Crippen LogP contribution < -0.4 is 16.4 Å². The first-order valence-corrected chi connectivity index (χ1v) is 9.50. The zero-order valence-electron chi connectivity index (χ0n) is 14.8. The fraction of sp³-hybridized carbons (Fsp3) is 0.471. The Morgan fingerprint density at radius 3 is 2.31 bits per heavy atom. The fourth-order valence-corrected chi connectivity index (χ4v) is 2.61. The van der Waals surface area contributed by atoms with Crippen molar-refractivity contribution in [1.29, 1.82) is 0 Å². The Kier molecular flexibility index (Phi) is 8.94. The summed E-state index contributed by atoms with van der Waals surface area (Å²) in [5.74, 6) is -1.47. The van der Waals surface area contributed by atoms with E-state index < -0.39 is 35.9 Å². The van der Waals surface area contributed by atoms with Gasteiger partial charge in [-0.1, -0.05) is 12.1 Å². The largest absolute Gasteiger partial charge is 0.508 e. The van der Waals surface area contributed by atoms with Crippen molar-refractivity contribution >= 4 is 29.5 Å². The summed E-state index contributed by atoms with van der Waals surface area (Å²) < 4.78 is 0. The van der Waals surface area contributed by atoms with Gasteiger partial charge < -0.3 is 26.6 Å². The molecule has 0 heterocycles. The molecule has 3 atom stereocenters. The van der Waals surface area contributed by atoms with Crippen LogP contribution in [0.3, 0.4) is 0 Å². The molecule has 1 aromatic carbocycles. The number of thioether (sulfide) groups is 1. The Hall–Kier alpha value is -2.26. The first kappa shape index (κ1) is 21.8. The van der Waals surface area contributed by atoms with Gasteiger partial charge in [0.2, 0.25) is 11.8 Å². The number of carboxylic acids is 1. The molecule has 0 radical (unpaired) electrons. The minimum absolute atomic E-state index is 0.119. The number of nitrogens with one attached hydrogen (secondary N) is 2. The Bertz CT molecular complexity index is 623. The summed E-state index contributed by atoms with van der Waals surface area (Å²) in [6, 6.07) is 3.54. The average molecular weight is 383 g/mol. The van der Waals surface area contributed by atoms with Gasteiger partial charge in [0.25, 0.3) is 0 Å². The van der Waals surface area contributed by atoms with Gasteiger partial charge in [-0.25, -0.2) is 0 Å². The number of aliphatic carboxylic acids is 1. The van der Waals surface area contributed by atoms with Gasteiger partial charge in [-0.2, -0.15) is 11.8 Å². The van der Waals surface area contributed by atoms with E-state index in [2.05, 4.69) is 10.6 Å². The summed E-state index contributed by atoms with van der Waals surface area (Å²) in [7, 11) is 0. The van der Waals surface area contributed by atoms with Gasteiger partial charge in [0, 0.05) is 0 Å². The minimum Gasteiger partial charge on any atom is -0.508 e. The van der Waals surface area contributed by atoms with E-state index in [1.54, 1.807) is 12.1 Å². The molecule has 0 aromatic heterocycles. The van der Waals surface area contributed by atoms with Gasteiger partial charge in [0.1, 0.15) is 17.8 Å². The van der Waals surface area contributed by atoms with Gasteiger partial charge in [-0.3, -0.25) is 14.4 Å². The van der Waals surface area contributed by atoms with Crippen molar-refractivity contribution in [3.63, 3.8) is 0 Å². The first-order chi connectivity index (χ1) is 12.2. The zero-order chi connectivity index (χ0) is 19.7. The van der Waals surface area contributed by atoms with Crippen molar-refractivity contribution < 1.29 is 24.6 Å². The van der Waals surface area contributed by atoms with Crippen LogP contribution in [0.15, 0.2) is 24.3 Å². The molecule has 144 valence electrons. The van der Waals surface area contributed by atoms with Crippen LogP contribution in [0.25, 0.3) is 0 Å². The highest BCUT2D eigenvalue weighted by Gasteiger charge is 2.26. The van der Waals surface area contributed by atoms with Crippen LogP contribution in [0, 0.1) is 0 Å². The summed E-state index contributed by atoms with van der Waals surface area (Å²) in [5.41, 5.74) is 6.68. The third-order valence-electron chi connectivity index (χ3n) is 3.70. The monoisotopic (exact) mass is 383 g/mol. The molecule has 0 aliphatic rings. The van der Waals surface area contributed by atoms with E-state index in [0.717, 1.165) is 5.56 Å². The van der Waals surface area contributed by atoms with Crippen molar-refractivity contribution in [3.05, 3.63) is 29.8 Å². The topological polar surface area (TPSA) is 142 Å². The molecule has 0 fully saturated rings. The van der Waals surface area contributed by atoms with Gasteiger partial charge >= 0.3 is 5.97 Å². The lowest BCUT2D eigenvalue weighted by Gasteiger charge is -2.21. The van der Waals surface area contributed by atoms with Crippen molar-refractivity contribution in [3.8, 4) is 5.75 Å². The standard InChI is InChI=1S/C17H25N3O5S/c1-10(17(24)25)19-16(23)14(7-8-26-2)20-15(22)13(18)9-11-3-5-12(21)6-4-11/h3-6,10,13-14,21H,7-9,18H2,1-2H3,(H,19,23)(H,20,22)(H,24,25). The fourth-order valence-electron chi connectivity index (χ4n) is 2.14. The number of rotatable bonds is 10. The number of benzene rings is 1. The molecule has 26 heavy (non-hydrogen) atoms. The van der Waals surface area contributed by atoms with Crippen molar-refractivity contribution in [2.75, 3.05) is 12.0 Å². The quantitative estimate of drug-likeness (QED) is 0.385. The molecule has 0 saturated carbocycles. The van der Waals surface area contributed by atoms with E-state index >= 15 is 0 Å². The predicted molar refractivity (Wildman–Crippen MR) is 100.0 cm³/mol. The molecule has 0 aliphatic heterocycles. The molecular formula is C17H25N3O5S. The van der Waals surface area contributed by atoms with Gasteiger partial charge in [-0.05, 0) is 49.5 Å². The molecule has 0 saturated heterocycles. The maximum atomic E-state index is 12.3. The number of carbonyl (C=O) groups is 3. The van der Waals surface area contributed by atoms with Crippen molar-refractivity contribution in [1.82, 2.24) is 10.6 Å². The number of phenols is 1. The molecule has 0 bridgehead atoms. The normalized spacial score (nSPS) is 14.1. The van der Waals surface area contributed by atoms with Gasteiger partial charge in [0.15, 0.2) is 0 Å². The highest BCUT2D eigenvalue weighted by atomic mass is 32.2. The Labute approximate surface area is 156 Å².